The van der Waals surface area contributed by atoms with Crippen LogP contribution in [0.15, 0.2) is 24.3 Å². The van der Waals surface area contributed by atoms with Gasteiger partial charge in [-0.3, -0.25) is 20.0 Å². The zero-order chi connectivity index (χ0) is 26.2. The summed E-state index contributed by atoms with van der Waals surface area (Å²) >= 11 is 0. The highest BCUT2D eigenvalue weighted by Gasteiger charge is 2.35. The molecular formula is C25H39N3O7. The van der Waals surface area contributed by atoms with E-state index in [2.05, 4.69) is 0 Å². The van der Waals surface area contributed by atoms with Crippen LogP contribution in [0.1, 0.15) is 59.4 Å². The molecule has 2 N–H and O–H groups in total. The number of rotatable bonds is 9. The normalized spacial score (nSPS) is 17.1. The number of carbonyl (C=O) groups excluding carboxylic acids is 3. The highest BCUT2D eigenvalue weighted by Crippen LogP contribution is 2.22. The van der Waals surface area contributed by atoms with E-state index in [1.165, 1.54) is 0 Å². The van der Waals surface area contributed by atoms with E-state index in [-0.39, 0.29) is 18.4 Å². The third-order valence-corrected chi connectivity index (χ3v) is 5.81. The molecule has 10 nitrogen and oxygen atoms in total. The molecule has 2 rings (SSSR count). The summed E-state index contributed by atoms with van der Waals surface area (Å²) in [7, 11) is 0. The summed E-state index contributed by atoms with van der Waals surface area (Å²) in [5.74, 6) is -1.08. The highest BCUT2D eigenvalue weighted by molar-refractivity contribution is 5.85. The lowest BCUT2D eigenvalue weighted by Crippen LogP contribution is -2.57. The quantitative estimate of drug-likeness (QED) is 0.399. The Labute approximate surface area is 207 Å². The van der Waals surface area contributed by atoms with Crippen LogP contribution in [0.4, 0.5) is 4.79 Å². The first-order valence-electron chi connectivity index (χ1n) is 12.1. The number of hydrogen-bond acceptors (Lipinski definition) is 7. The van der Waals surface area contributed by atoms with Crippen LogP contribution >= 0.6 is 0 Å². The molecule has 1 aromatic rings. The predicted molar refractivity (Wildman–Crippen MR) is 128 cm³/mol. The molecule has 0 radical (unpaired) electrons. The molecule has 2 atom stereocenters. The number of benzene rings is 1. The fraction of sp³-hybridized carbons (Fsp3) is 0.640. The summed E-state index contributed by atoms with van der Waals surface area (Å²) in [5, 5.41) is 17.8. The van der Waals surface area contributed by atoms with E-state index in [1.54, 1.807) is 30.6 Å². The van der Waals surface area contributed by atoms with Gasteiger partial charge in [-0.25, -0.2) is 4.79 Å². The van der Waals surface area contributed by atoms with Gasteiger partial charge in [-0.15, -0.1) is 0 Å². The maximum absolute atomic E-state index is 13.3. The van der Waals surface area contributed by atoms with Crippen LogP contribution in [0, 0.1) is 5.92 Å². The second kappa shape index (κ2) is 12.7. The van der Waals surface area contributed by atoms with Crippen molar-refractivity contribution in [3.8, 4) is 5.75 Å². The number of hydrogen-bond donors (Lipinski definition) is 2. The molecule has 3 amide bonds. The maximum Gasteiger partial charge on any atom is 0.410 e. The average Bonchev–Trinajstić information content (AvgIpc) is 2.77. The number of carbonyl (C=O) groups is 3. The van der Waals surface area contributed by atoms with Crippen molar-refractivity contribution in [1.29, 1.82) is 0 Å². The molecular weight excluding hydrogens is 454 g/mol. The molecule has 0 saturated carbocycles. The average molecular weight is 494 g/mol. The molecule has 35 heavy (non-hydrogen) atoms. The lowest BCUT2D eigenvalue weighted by Gasteiger charge is -2.41. The monoisotopic (exact) mass is 493 g/mol. The summed E-state index contributed by atoms with van der Waals surface area (Å²) in [4.78, 5) is 41.0. The van der Waals surface area contributed by atoms with Crippen molar-refractivity contribution in [2.24, 2.45) is 5.92 Å². The predicted octanol–water partition coefficient (Wildman–Crippen LogP) is 3.49. The summed E-state index contributed by atoms with van der Waals surface area (Å²) in [6, 6.07) is 7.47. The van der Waals surface area contributed by atoms with E-state index in [4.69, 9.17) is 19.9 Å². The van der Waals surface area contributed by atoms with Crippen molar-refractivity contribution < 1.29 is 34.3 Å². The van der Waals surface area contributed by atoms with Crippen LogP contribution in [0.25, 0.3) is 0 Å². The highest BCUT2D eigenvalue weighted by atomic mass is 16.8. The van der Waals surface area contributed by atoms with Crippen LogP contribution < -0.4 is 4.74 Å². The van der Waals surface area contributed by atoms with Crippen LogP contribution in [0.3, 0.4) is 0 Å². The van der Waals surface area contributed by atoms with Crippen molar-refractivity contribution in [3.05, 3.63) is 29.8 Å². The number of hydroxylamine groups is 2. The van der Waals surface area contributed by atoms with Crippen LogP contribution in [-0.4, -0.2) is 81.2 Å². The van der Waals surface area contributed by atoms with Crippen LogP contribution in [0.2, 0.25) is 0 Å². The topological polar surface area (TPSA) is 120 Å². The summed E-state index contributed by atoms with van der Waals surface area (Å²) in [6.07, 6.45) is 1.02. The summed E-state index contributed by atoms with van der Waals surface area (Å²) in [6.45, 7) is 10.7. The lowest BCUT2D eigenvalue weighted by molar-refractivity contribution is -0.285. The number of nitrogens with zero attached hydrogens (tertiary/aromatic N) is 3. The van der Waals surface area contributed by atoms with Crippen molar-refractivity contribution >= 4 is 17.9 Å². The Hall–Kier alpha value is -2.85. The largest absolute Gasteiger partial charge is 0.494 e. The third kappa shape index (κ3) is 9.03. The van der Waals surface area contributed by atoms with E-state index in [0.717, 1.165) is 11.3 Å². The van der Waals surface area contributed by atoms with Crippen molar-refractivity contribution in [3.63, 3.8) is 0 Å². The first-order valence-corrected chi connectivity index (χ1v) is 12.1. The second-order valence-electron chi connectivity index (χ2n) is 9.86. The van der Waals surface area contributed by atoms with Gasteiger partial charge in [0.15, 0.2) is 0 Å². The fourth-order valence-electron chi connectivity index (χ4n) is 4.08. The standard InChI is InChI=1S/C25H39N3O7/c1-6-34-21-12-10-19(11-13-21)8-7-9-20(16-22(29)28(32)33)23(30)26-14-15-27(18(2)17-26)24(31)35-25(3,4)5/h10-13,18,20,32-33H,6-9,14-17H2,1-5H3/t18-,20?/m1/s1. The van der Waals surface area contributed by atoms with Gasteiger partial charge in [0.25, 0.3) is 5.91 Å². The number of ether oxygens (including phenoxy) is 2. The van der Waals surface area contributed by atoms with Crippen LogP contribution in [0.5, 0.6) is 5.75 Å². The number of piperazine rings is 1. The van der Waals surface area contributed by atoms with Crippen molar-refractivity contribution in [1.82, 2.24) is 15.0 Å². The maximum atomic E-state index is 13.3. The second-order valence-corrected chi connectivity index (χ2v) is 9.86. The van der Waals surface area contributed by atoms with E-state index in [9.17, 15) is 14.4 Å². The molecule has 1 aliphatic rings. The molecule has 0 spiro atoms. The molecule has 1 aliphatic heterocycles. The molecule has 196 valence electrons. The summed E-state index contributed by atoms with van der Waals surface area (Å²) in [5.41, 5.74) is 0.468. The van der Waals surface area contributed by atoms with Gasteiger partial charge in [-0.2, -0.15) is 0 Å². The van der Waals surface area contributed by atoms with Gasteiger partial charge >= 0.3 is 6.09 Å². The van der Waals surface area contributed by atoms with Gasteiger partial charge in [0.05, 0.1) is 6.61 Å². The molecule has 10 heteroatoms. The molecule has 1 fully saturated rings. The zero-order valence-corrected chi connectivity index (χ0v) is 21.4. The first-order chi connectivity index (χ1) is 16.4. The van der Waals surface area contributed by atoms with E-state index in [1.807, 2.05) is 38.1 Å². The van der Waals surface area contributed by atoms with Gasteiger partial charge in [-0.05, 0) is 71.6 Å². The summed E-state index contributed by atoms with van der Waals surface area (Å²) < 4.78 is 10.9. The molecule has 1 aromatic carbocycles. The molecule has 1 unspecified atom stereocenters. The van der Waals surface area contributed by atoms with E-state index in [0.29, 0.717) is 45.5 Å². The van der Waals surface area contributed by atoms with Gasteiger partial charge < -0.3 is 19.3 Å². The number of aryl methyl sites for hydroxylation is 1. The SMILES string of the molecule is CCOc1ccc(CCCC(CC(=O)N(O)O)C(=O)N2CCN(C(=O)OC(C)(C)C)[C@H](C)C2)cc1. The van der Waals surface area contributed by atoms with E-state index < -0.39 is 28.7 Å². The van der Waals surface area contributed by atoms with Gasteiger partial charge in [0.1, 0.15) is 11.4 Å². The molecule has 0 bridgehead atoms. The Kier molecular flexibility index (Phi) is 10.3. The smallest absolute Gasteiger partial charge is 0.410 e. The minimum Gasteiger partial charge on any atom is -0.494 e. The third-order valence-electron chi connectivity index (χ3n) is 5.81. The molecule has 1 heterocycles. The molecule has 0 aromatic heterocycles. The van der Waals surface area contributed by atoms with Crippen molar-refractivity contribution in [2.45, 2.75) is 71.9 Å². The lowest BCUT2D eigenvalue weighted by atomic mass is 9.94. The van der Waals surface area contributed by atoms with Gasteiger partial charge in [0.2, 0.25) is 5.91 Å². The Morgan fingerprint density at radius 1 is 1.14 bits per heavy atom. The Morgan fingerprint density at radius 2 is 1.80 bits per heavy atom. The van der Waals surface area contributed by atoms with Crippen molar-refractivity contribution in [2.75, 3.05) is 26.2 Å². The minimum absolute atomic E-state index is 0.234. The molecule has 1 saturated heterocycles. The van der Waals surface area contributed by atoms with Gasteiger partial charge in [0, 0.05) is 38.0 Å². The van der Waals surface area contributed by atoms with Gasteiger partial charge in [-0.1, -0.05) is 17.4 Å². The Balaban J connectivity index is 1.99. The molecule has 0 aliphatic carbocycles. The first kappa shape index (κ1) is 28.4. The van der Waals surface area contributed by atoms with Crippen LogP contribution in [-0.2, 0) is 20.7 Å². The van der Waals surface area contributed by atoms with E-state index >= 15 is 0 Å². The minimum atomic E-state index is -0.940. The fourth-order valence-corrected chi connectivity index (χ4v) is 4.08. The number of amides is 3. The Bertz CT molecular complexity index is 852. The zero-order valence-electron chi connectivity index (χ0n) is 21.4. The Morgan fingerprint density at radius 3 is 2.34 bits per heavy atom.